The summed E-state index contributed by atoms with van der Waals surface area (Å²) in [6, 6.07) is 3.89. The van der Waals surface area contributed by atoms with Gasteiger partial charge in [-0.2, -0.15) is 0 Å². The summed E-state index contributed by atoms with van der Waals surface area (Å²) in [4.78, 5) is 19.0. The highest BCUT2D eigenvalue weighted by Crippen LogP contribution is 2.26. The SMILES string of the molecule is CC(C)(C)c1nc(-c2ccc(O)c(F)c2)[nH]c(=O)c1I. The summed E-state index contributed by atoms with van der Waals surface area (Å²) in [5.74, 6) is -0.891. The molecule has 106 valence electrons. The van der Waals surface area contributed by atoms with Crippen molar-refractivity contribution < 1.29 is 9.50 Å². The first-order valence-electron chi connectivity index (χ1n) is 5.99. The van der Waals surface area contributed by atoms with E-state index in [9.17, 15) is 14.3 Å². The Labute approximate surface area is 129 Å². The van der Waals surface area contributed by atoms with Gasteiger partial charge >= 0.3 is 0 Å². The molecule has 2 rings (SSSR count). The summed E-state index contributed by atoms with van der Waals surface area (Å²) < 4.78 is 13.9. The van der Waals surface area contributed by atoms with Crippen molar-refractivity contribution in [3.05, 3.63) is 43.6 Å². The third kappa shape index (κ3) is 2.84. The van der Waals surface area contributed by atoms with E-state index in [0.717, 1.165) is 6.07 Å². The number of phenolic OH excluding ortho intramolecular Hbond substituents is 1. The molecule has 4 nitrogen and oxygen atoms in total. The lowest BCUT2D eigenvalue weighted by atomic mass is 9.92. The minimum absolute atomic E-state index is 0.256. The van der Waals surface area contributed by atoms with Crippen LogP contribution in [0.3, 0.4) is 0 Å². The molecular weight excluding hydrogens is 374 g/mol. The maximum absolute atomic E-state index is 13.4. The van der Waals surface area contributed by atoms with Gasteiger partial charge in [0.05, 0.1) is 5.69 Å². The molecule has 0 atom stereocenters. The van der Waals surface area contributed by atoms with Crippen molar-refractivity contribution in [2.45, 2.75) is 26.2 Å². The van der Waals surface area contributed by atoms with Crippen LogP contribution < -0.4 is 5.56 Å². The summed E-state index contributed by atoms with van der Waals surface area (Å²) in [6.45, 7) is 5.87. The Morgan fingerprint density at radius 3 is 2.55 bits per heavy atom. The standard InChI is InChI=1S/C14H14FIN2O2/c1-14(2,3)11-10(16)13(20)18-12(17-11)7-4-5-9(19)8(15)6-7/h4-6,19H,1-3H3,(H,17,18,20). The first-order valence-corrected chi connectivity index (χ1v) is 7.07. The number of rotatable bonds is 1. The van der Waals surface area contributed by atoms with Crippen LogP contribution in [0.15, 0.2) is 23.0 Å². The lowest BCUT2D eigenvalue weighted by molar-refractivity contribution is 0.432. The van der Waals surface area contributed by atoms with Crippen LogP contribution >= 0.6 is 22.6 Å². The van der Waals surface area contributed by atoms with E-state index >= 15 is 0 Å². The Morgan fingerprint density at radius 2 is 2.00 bits per heavy atom. The van der Waals surface area contributed by atoms with E-state index in [-0.39, 0.29) is 11.0 Å². The molecule has 1 heterocycles. The van der Waals surface area contributed by atoms with Crippen LogP contribution in [0.2, 0.25) is 0 Å². The molecule has 2 aromatic rings. The van der Waals surface area contributed by atoms with Crippen molar-refractivity contribution in [3.63, 3.8) is 0 Å². The summed E-state index contributed by atoms with van der Waals surface area (Å²) in [7, 11) is 0. The van der Waals surface area contributed by atoms with Gasteiger partial charge in [0, 0.05) is 11.0 Å². The van der Waals surface area contributed by atoms with Crippen LogP contribution in [-0.2, 0) is 5.41 Å². The number of nitrogens with one attached hydrogen (secondary N) is 1. The van der Waals surface area contributed by atoms with Crippen LogP contribution in [0, 0.1) is 9.39 Å². The summed E-state index contributed by atoms with van der Waals surface area (Å²) in [5, 5.41) is 9.20. The second-order valence-electron chi connectivity index (χ2n) is 5.49. The number of hydrogen-bond donors (Lipinski definition) is 2. The Bertz CT molecular complexity index is 720. The quantitative estimate of drug-likeness (QED) is 0.738. The third-order valence-corrected chi connectivity index (χ3v) is 3.80. The van der Waals surface area contributed by atoms with E-state index in [1.807, 2.05) is 43.4 Å². The smallest absolute Gasteiger partial charge is 0.264 e. The largest absolute Gasteiger partial charge is 0.505 e. The zero-order valence-corrected chi connectivity index (χ0v) is 13.4. The number of aromatic nitrogens is 2. The van der Waals surface area contributed by atoms with Crippen LogP contribution in [0.5, 0.6) is 5.75 Å². The van der Waals surface area contributed by atoms with E-state index in [1.165, 1.54) is 12.1 Å². The average molecular weight is 388 g/mol. The molecule has 0 spiro atoms. The van der Waals surface area contributed by atoms with E-state index in [4.69, 9.17) is 0 Å². The van der Waals surface area contributed by atoms with Crippen molar-refractivity contribution in [1.29, 1.82) is 0 Å². The van der Waals surface area contributed by atoms with Gasteiger partial charge in [-0.3, -0.25) is 4.79 Å². The highest BCUT2D eigenvalue weighted by Gasteiger charge is 2.22. The molecule has 1 aromatic carbocycles. The van der Waals surface area contributed by atoms with E-state index in [2.05, 4.69) is 9.97 Å². The lowest BCUT2D eigenvalue weighted by Crippen LogP contribution is -2.24. The Morgan fingerprint density at radius 1 is 1.35 bits per heavy atom. The van der Waals surface area contributed by atoms with Crippen molar-refractivity contribution in [3.8, 4) is 17.1 Å². The van der Waals surface area contributed by atoms with Crippen molar-refractivity contribution >= 4 is 22.6 Å². The van der Waals surface area contributed by atoms with Gasteiger partial charge < -0.3 is 10.1 Å². The molecule has 6 heteroatoms. The first-order chi connectivity index (χ1) is 9.20. The molecule has 0 aliphatic rings. The van der Waals surface area contributed by atoms with Gasteiger partial charge in [0.2, 0.25) is 0 Å². The normalized spacial score (nSPS) is 11.7. The van der Waals surface area contributed by atoms with Crippen LogP contribution in [0.25, 0.3) is 11.4 Å². The molecule has 0 amide bonds. The Kier molecular flexibility index (Phi) is 3.86. The first kappa shape index (κ1) is 15.0. The fourth-order valence-electron chi connectivity index (χ4n) is 1.75. The van der Waals surface area contributed by atoms with Gasteiger partial charge in [-0.25, -0.2) is 9.37 Å². The molecule has 2 N–H and O–H groups in total. The van der Waals surface area contributed by atoms with Gasteiger partial charge in [-0.1, -0.05) is 20.8 Å². The number of hydrogen-bond acceptors (Lipinski definition) is 3. The molecule has 0 aliphatic carbocycles. The van der Waals surface area contributed by atoms with Crippen molar-refractivity contribution in [2.24, 2.45) is 0 Å². The van der Waals surface area contributed by atoms with Crippen molar-refractivity contribution in [1.82, 2.24) is 9.97 Å². The highest BCUT2D eigenvalue weighted by molar-refractivity contribution is 14.1. The van der Waals surface area contributed by atoms with Gasteiger partial charge in [-0.05, 0) is 40.8 Å². The number of nitrogens with zero attached hydrogens (tertiary/aromatic N) is 1. The fourth-order valence-corrected chi connectivity index (χ4v) is 2.81. The maximum atomic E-state index is 13.4. The molecule has 0 bridgehead atoms. The highest BCUT2D eigenvalue weighted by atomic mass is 127. The summed E-state index contributed by atoms with van der Waals surface area (Å²) in [6.07, 6.45) is 0. The molecule has 20 heavy (non-hydrogen) atoms. The number of aromatic hydroxyl groups is 1. The van der Waals surface area contributed by atoms with Gasteiger partial charge in [-0.15, -0.1) is 0 Å². The zero-order valence-electron chi connectivity index (χ0n) is 11.3. The third-order valence-electron chi connectivity index (χ3n) is 2.79. The molecule has 0 unspecified atom stereocenters. The monoisotopic (exact) mass is 388 g/mol. The average Bonchev–Trinajstić information content (AvgIpc) is 2.34. The number of H-pyrrole nitrogens is 1. The van der Waals surface area contributed by atoms with Crippen LogP contribution in [0.4, 0.5) is 4.39 Å². The molecule has 0 fully saturated rings. The second kappa shape index (κ2) is 5.16. The predicted octanol–water partition coefficient (Wildman–Crippen LogP) is 3.18. The molecular formula is C14H14FIN2O2. The van der Waals surface area contributed by atoms with E-state index in [0.29, 0.717) is 20.7 Å². The van der Waals surface area contributed by atoms with Crippen LogP contribution in [-0.4, -0.2) is 15.1 Å². The second-order valence-corrected chi connectivity index (χ2v) is 6.57. The minimum Gasteiger partial charge on any atom is -0.505 e. The van der Waals surface area contributed by atoms with Crippen LogP contribution in [0.1, 0.15) is 26.5 Å². The van der Waals surface area contributed by atoms with Gasteiger partial charge in [0.25, 0.3) is 5.56 Å². The molecule has 1 aromatic heterocycles. The van der Waals surface area contributed by atoms with Gasteiger partial charge in [0.1, 0.15) is 9.39 Å². The number of halogens is 2. The van der Waals surface area contributed by atoms with Crippen molar-refractivity contribution in [2.75, 3.05) is 0 Å². The number of aromatic amines is 1. The zero-order chi connectivity index (χ0) is 15.1. The lowest BCUT2D eigenvalue weighted by Gasteiger charge is -2.19. The number of benzene rings is 1. The summed E-state index contributed by atoms with van der Waals surface area (Å²) >= 11 is 1.96. The van der Waals surface area contributed by atoms with E-state index < -0.39 is 11.6 Å². The molecule has 0 aliphatic heterocycles. The molecule has 0 radical (unpaired) electrons. The number of phenols is 1. The topological polar surface area (TPSA) is 66.0 Å². The predicted molar refractivity (Wildman–Crippen MR) is 83.3 cm³/mol. The fraction of sp³-hybridized carbons (Fsp3) is 0.286. The maximum Gasteiger partial charge on any atom is 0.264 e. The molecule has 0 saturated carbocycles. The Balaban J connectivity index is 2.67. The van der Waals surface area contributed by atoms with E-state index in [1.54, 1.807) is 0 Å². The summed E-state index contributed by atoms with van der Waals surface area (Å²) in [5.41, 5.74) is 0.522. The van der Waals surface area contributed by atoms with Gasteiger partial charge in [0.15, 0.2) is 11.6 Å². The Hall–Kier alpha value is -1.44. The minimum atomic E-state index is -0.749. The molecule has 0 saturated heterocycles.